The van der Waals surface area contributed by atoms with Crippen molar-refractivity contribution >= 4 is 16.9 Å². The normalized spacial score (nSPS) is 12.8. The Morgan fingerprint density at radius 2 is 1.83 bits per heavy atom. The number of hydrogen-bond acceptors (Lipinski definition) is 4. The van der Waals surface area contributed by atoms with Gasteiger partial charge in [-0.15, -0.1) is 0 Å². The highest BCUT2D eigenvalue weighted by atomic mass is 19.4. The molecule has 0 saturated heterocycles. The number of nitrogens with zero attached hydrogens (tertiary/aromatic N) is 3. The molecule has 1 N–H and O–H groups in total. The first-order valence-corrected chi connectivity index (χ1v) is 8.54. The Morgan fingerprint density at radius 3 is 2.48 bits per heavy atom. The van der Waals surface area contributed by atoms with Crippen molar-refractivity contribution in [3.8, 4) is 0 Å². The summed E-state index contributed by atoms with van der Waals surface area (Å²) >= 11 is 0. The smallest absolute Gasteiger partial charge is 0.345 e. The summed E-state index contributed by atoms with van der Waals surface area (Å²) in [6.07, 6.45) is -3.28. The van der Waals surface area contributed by atoms with E-state index in [9.17, 15) is 27.6 Å². The van der Waals surface area contributed by atoms with E-state index >= 15 is 0 Å². The maximum atomic E-state index is 12.9. The molecule has 2 heterocycles. The molecule has 152 valence electrons. The molecule has 0 radical (unpaired) electrons. The average molecular weight is 406 g/mol. The van der Waals surface area contributed by atoms with Crippen molar-refractivity contribution in [2.45, 2.75) is 19.1 Å². The summed E-state index contributed by atoms with van der Waals surface area (Å²) in [6, 6.07) is 5.24. The van der Waals surface area contributed by atoms with E-state index in [0.717, 1.165) is 16.7 Å². The predicted molar refractivity (Wildman–Crippen MR) is 99.6 cm³/mol. The van der Waals surface area contributed by atoms with Gasteiger partial charge < -0.3 is 5.32 Å². The van der Waals surface area contributed by atoms with E-state index < -0.39 is 34.9 Å². The molecule has 0 aliphatic carbocycles. The average Bonchev–Trinajstić information content (AvgIpc) is 2.69. The minimum Gasteiger partial charge on any atom is -0.345 e. The van der Waals surface area contributed by atoms with Gasteiger partial charge in [0.05, 0.1) is 22.6 Å². The minimum absolute atomic E-state index is 0.0482. The van der Waals surface area contributed by atoms with Crippen molar-refractivity contribution < 1.29 is 18.0 Å². The second-order valence-electron chi connectivity index (χ2n) is 6.62. The quantitative estimate of drug-likeness (QED) is 0.722. The predicted octanol–water partition coefficient (Wildman–Crippen LogP) is 2.14. The molecule has 0 unspecified atom stereocenters. The van der Waals surface area contributed by atoms with E-state index in [1.807, 2.05) is 0 Å². The van der Waals surface area contributed by atoms with Gasteiger partial charge in [-0.1, -0.05) is 12.1 Å². The van der Waals surface area contributed by atoms with E-state index in [2.05, 4.69) is 10.3 Å². The van der Waals surface area contributed by atoms with Crippen LogP contribution in [0.4, 0.5) is 13.2 Å². The molecule has 29 heavy (non-hydrogen) atoms. The molecule has 1 aromatic carbocycles. The standard InChI is InChI=1S/C19H17F3N4O3/c1-10(11-5-4-6-13(7-11)19(20,21)22)24-16(27)12-8-14-15(23-9-12)25(2)18(29)26(3)17(14)28/h4-10H,1-3H3,(H,24,27)/t10-/m0/s1. The van der Waals surface area contributed by atoms with Gasteiger partial charge in [0.2, 0.25) is 0 Å². The lowest BCUT2D eigenvalue weighted by Crippen LogP contribution is -2.37. The van der Waals surface area contributed by atoms with Gasteiger partial charge in [0, 0.05) is 20.3 Å². The Kier molecular flexibility index (Phi) is 5.04. The van der Waals surface area contributed by atoms with E-state index in [1.54, 1.807) is 6.92 Å². The lowest BCUT2D eigenvalue weighted by atomic mass is 10.0. The summed E-state index contributed by atoms with van der Waals surface area (Å²) in [7, 11) is 2.76. The van der Waals surface area contributed by atoms with E-state index in [0.29, 0.717) is 0 Å². The van der Waals surface area contributed by atoms with Gasteiger partial charge in [-0.2, -0.15) is 13.2 Å². The summed E-state index contributed by atoms with van der Waals surface area (Å²) in [4.78, 5) is 40.9. The number of rotatable bonds is 3. The first-order valence-electron chi connectivity index (χ1n) is 8.54. The molecule has 0 bridgehead atoms. The van der Waals surface area contributed by atoms with E-state index in [4.69, 9.17) is 0 Å². The molecule has 0 spiro atoms. The minimum atomic E-state index is -4.49. The maximum absolute atomic E-state index is 12.9. The van der Waals surface area contributed by atoms with Crippen molar-refractivity contribution in [2.24, 2.45) is 14.1 Å². The molecular weight excluding hydrogens is 389 g/mol. The molecule has 1 amide bonds. The molecule has 1 atom stereocenters. The summed E-state index contributed by atoms with van der Waals surface area (Å²) in [6.45, 7) is 1.55. The highest BCUT2D eigenvalue weighted by Crippen LogP contribution is 2.30. The van der Waals surface area contributed by atoms with Crippen LogP contribution in [0.25, 0.3) is 11.0 Å². The zero-order valence-corrected chi connectivity index (χ0v) is 15.7. The Morgan fingerprint density at radius 1 is 1.14 bits per heavy atom. The number of amides is 1. The zero-order chi connectivity index (χ0) is 21.5. The lowest BCUT2D eigenvalue weighted by Gasteiger charge is -2.16. The summed E-state index contributed by atoms with van der Waals surface area (Å²) in [5, 5.41) is 2.67. The number of halogens is 3. The van der Waals surface area contributed by atoms with Crippen LogP contribution < -0.4 is 16.6 Å². The van der Waals surface area contributed by atoms with E-state index in [1.165, 1.54) is 43.1 Å². The second-order valence-corrected chi connectivity index (χ2v) is 6.62. The van der Waals surface area contributed by atoms with Crippen LogP contribution in [0.5, 0.6) is 0 Å². The summed E-state index contributed by atoms with van der Waals surface area (Å²) in [5.41, 5.74) is -1.51. The Hall–Kier alpha value is -3.43. The molecule has 0 saturated carbocycles. The number of aromatic nitrogens is 3. The van der Waals surface area contributed by atoms with Crippen LogP contribution in [0, 0.1) is 0 Å². The van der Waals surface area contributed by atoms with Crippen LogP contribution in [0.3, 0.4) is 0 Å². The van der Waals surface area contributed by atoms with E-state index in [-0.39, 0.29) is 22.2 Å². The molecule has 3 aromatic rings. The third-order valence-corrected chi connectivity index (χ3v) is 4.62. The number of benzene rings is 1. The first kappa shape index (κ1) is 20.3. The van der Waals surface area contributed by atoms with Crippen molar-refractivity contribution in [2.75, 3.05) is 0 Å². The van der Waals surface area contributed by atoms with Gasteiger partial charge in [0.1, 0.15) is 5.65 Å². The van der Waals surface area contributed by atoms with Crippen LogP contribution in [0.1, 0.15) is 34.5 Å². The van der Waals surface area contributed by atoms with Gasteiger partial charge >= 0.3 is 11.9 Å². The third kappa shape index (κ3) is 3.78. The molecule has 0 fully saturated rings. The van der Waals surface area contributed by atoms with Gasteiger partial charge in [-0.25, -0.2) is 9.78 Å². The number of carbonyl (C=O) groups is 1. The van der Waals surface area contributed by atoms with Crippen molar-refractivity contribution in [1.82, 2.24) is 19.4 Å². The number of pyridine rings is 1. The van der Waals surface area contributed by atoms with Crippen LogP contribution in [0.15, 0.2) is 46.1 Å². The lowest BCUT2D eigenvalue weighted by molar-refractivity contribution is -0.137. The molecule has 0 aliphatic heterocycles. The molecule has 2 aromatic heterocycles. The number of alkyl halides is 3. The summed E-state index contributed by atoms with van der Waals surface area (Å²) in [5.74, 6) is -0.611. The van der Waals surface area contributed by atoms with Crippen molar-refractivity contribution in [3.63, 3.8) is 0 Å². The fourth-order valence-corrected chi connectivity index (χ4v) is 2.94. The fourth-order valence-electron chi connectivity index (χ4n) is 2.94. The molecular formula is C19H17F3N4O3. The Bertz CT molecular complexity index is 1230. The van der Waals surface area contributed by atoms with Crippen LogP contribution >= 0.6 is 0 Å². The Balaban J connectivity index is 1.92. The summed E-state index contributed by atoms with van der Waals surface area (Å²) < 4.78 is 40.7. The van der Waals surface area contributed by atoms with Gasteiger partial charge in [0.25, 0.3) is 11.5 Å². The number of hydrogen-bond donors (Lipinski definition) is 1. The first-order chi connectivity index (χ1) is 13.5. The largest absolute Gasteiger partial charge is 0.416 e. The van der Waals surface area contributed by atoms with Gasteiger partial charge in [0.15, 0.2) is 0 Å². The molecule has 3 rings (SSSR count). The number of aryl methyl sites for hydroxylation is 1. The monoisotopic (exact) mass is 406 g/mol. The Labute approximate surface area is 162 Å². The topological polar surface area (TPSA) is 86.0 Å². The third-order valence-electron chi connectivity index (χ3n) is 4.62. The van der Waals surface area contributed by atoms with Crippen molar-refractivity contribution in [1.29, 1.82) is 0 Å². The van der Waals surface area contributed by atoms with Crippen LogP contribution in [-0.4, -0.2) is 20.0 Å². The zero-order valence-electron chi connectivity index (χ0n) is 15.7. The molecule has 7 nitrogen and oxygen atoms in total. The SMILES string of the molecule is C[C@H](NC(=O)c1cnc2c(c1)c(=O)n(C)c(=O)n2C)c1cccc(C(F)(F)F)c1. The number of carbonyl (C=O) groups excluding carboxylic acids is 1. The highest BCUT2D eigenvalue weighted by Gasteiger charge is 2.30. The van der Waals surface area contributed by atoms with Gasteiger partial charge in [-0.3, -0.25) is 18.7 Å². The number of fused-ring (bicyclic) bond motifs is 1. The van der Waals surface area contributed by atoms with Gasteiger partial charge in [-0.05, 0) is 30.7 Å². The number of nitrogens with one attached hydrogen (secondary N) is 1. The van der Waals surface area contributed by atoms with Crippen LogP contribution in [0.2, 0.25) is 0 Å². The van der Waals surface area contributed by atoms with Crippen molar-refractivity contribution in [3.05, 3.63) is 74.1 Å². The maximum Gasteiger partial charge on any atom is 0.416 e. The second kappa shape index (κ2) is 7.19. The molecule has 10 heteroatoms. The molecule has 0 aliphatic rings. The highest BCUT2D eigenvalue weighted by molar-refractivity contribution is 5.96. The van der Waals surface area contributed by atoms with Crippen LogP contribution in [-0.2, 0) is 20.3 Å². The fraction of sp³-hybridized carbons (Fsp3) is 0.263.